The Morgan fingerprint density at radius 2 is 1.45 bits per heavy atom. The van der Waals surface area contributed by atoms with Crippen molar-refractivity contribution < 1.29 is 19.1 Å². The summed E-state index contributed by atoms with van der Waals surface area (Å²) in [5.74, 6) is 2.34. The van der Waals surface area contributed by atoms with E-state index in [0.717, 1.165) is 28.1 Å². The molecule has 4 heterocycles. The monoisotopic (exact) mass is 410 g/mol. The molecule has 0 aromatic heterocycles. The molecular weight excluding hydrogens is 396 g/mol. The van der Waals surface area contributed by atoms with Gasteiger partial charge in [0.05, 0.1) is 12.8 Å². The van der Waals surface area contributed by atoms with E-state index in [-0.39, 0.29) is 11.8 Å². The Morgan fingerprint density at radius 1 is 0.774 bits per heavy atom. The minimum absolute atomic E-state index is 0.0328. The molecule has 8 nitrogen and oxygen atoms in total. The number of amides is 2. The molecule has 0 bridgehead atoms. The third-order valence-electron chi connectivity index (χ3n) is 5.95. The van der Waals surface area contributed by atoms with Crippen LogP contribution in [0.25, 0.3) is 0 Å². The number of nitrogens with zero attached hydrogens (tertiary/aromatic N) is 2. The van der Waals surface area contributed by atoms with Gasteiger partial charge in [0, 0.05) is 29.1 Å². The maximum atomic E-state index is 11.7. The van der Waals surface area contributed by atoms with Gasteiger partial charge in [-0.15, -0.1) is 0 Å². The summed E-state index contributed by atoms with van der Waals surface area (Å²) >= 11 is 0. The lowest BCUT2D eigenvalue weighted by Gasteiger charge is -2.21. The molecule has 7 rings (SSSR count). The van der Waals surface area contributed by atoms with Crippen LogP contribution in [0.2, 0.25) is 0 Å². The van der Waals surface area contributed by atoms with Gasteiger partial charge in [0.2, 0.25) is 11.8 Å². The van der Waals surface area contributed by atoms with E-state index in [2.05, 4.69) is 10.6 Å². The normalized spacial score (nSPS) is 16.0. The van der Waals surface area contributed by atoms with Crippen LogP contribution in [0, 0.1) is 6.92 Å². The third kappa shape index (κ3) is 2.29. The molecule has 4 aliphatic rings. The fourth-order valence-corrected chi connectivity index (χ4v) is 4.47. The van der Waals surface area contributed by atoms with Gasteiger partial charge < -0.3 is 20.1 Å². The van der Waals surface area contributed by atoms with E-state index in [1.165, 1.54) is 0 Å². The smallest absolute Gasteiger partial charge is 0.228 e. The van der Waals surface area contributed by atoms with Crippen molar-refractivity contribution in [3.8, 4) is 23.0 Å². The third-order valence-corrected chi connectivity index (χ3v) is 5.95. The summed E-state index contributed by atoms with van der Waals surface area (Å²) < 4.78 is 12.4. The molecule has 150 valence electrons. The molecule has 4 aliphatic heterocycles. The minimum atomic E-state index is -0.0328. The molecule has 3 aromatic rings. The number of benzene rings is 3. The van der Waals surface area contributed by atoms with E-state index in [1.54, 1.807) is 0 Å². The average Bonchev–Trinajstić information content (AvgIpc) is 3.27. The first-order valence-corrected chi connectivity index (χ1v) is 9.92. The van der Waals surface area contributed by atoms with E-state index in [4.69, 9.17) is 19.5 Å². The van der Waals surface area contributed by atoms with Crippen molar-refractivity contribution in [2.75, 3.05) is 10.6 Å². The highest BCUT2D eigenvalue weighted by Crippen LogP contribution is 2.43. The van der Waals surface area contributed by atoms with Gasteiger partial charge in [-0.05, 0) is 36.2 Å². The highest BCUT2D eigenvalue weighted by molar-refractivity contribution is 6.01. The Hall–Kier alpha value is -4.20. The van der Waals surface area contributed by atoms with Gasteiger partial charge in [0.1, 0.15) is 22.1 Å². The Bertz CT molecular complexity index is 1540. The Balaban J connectivity index is 1.40. The first kappa shape index (κ1) is 16.6. The van der Waals surface area contributed by atoms with Gasteiger partial charge in [-0.1, -0.05) is 0 Å². The number of carbonyl (C=O) groups excluding carboxylic acids is 2. The van der Waals surface area contributed by atoms with E-state index in [1.807, 2.05) is 37.3 Å². The molecule has 0 saturated heterocycles. The number of hydrogen-bond acceptors (Lipinski definition) is 6. The zero-order valence-corrected chi connectivity index (χ0v) is 16.3. The van der Waals surface area contributed by atoms with Crippen LogP contribution in [-0.4, -0.2) is 11.8 Å². The molecule has 0 saturated carbocycles. The van der Waals surface area contributed by atoms with Gasteiger partial charge in [-0.25, -0.2) is 9.98 Å². The Kier molecular flexibility index (Phi) is 2.93. The number of rotatable bonds is 0. The van der Waals surface area contributed by atoms with E-state index < -0.39 is 0 Å². The number of anilines is 2. The molecule has 2 amide bonds. The second-order valence-corrected chi connectivity index (χ2v) is 8.03. The fourth-order valence-electron chi connectivity index (χ4n) is 4.47. The summed E-state index contributed by atoms with van der Waals surface area (Å²) in [5.41, 5.74) is 5.48. The molecular formula is C23H14N4O4. The Morgan fingerprint density at radius 3 is 2.26 bits per heavy atom. The van der Waals surface area contributed by atoms with Crippen LogP contribution < -0.4 is 30.8 Å². The summed E-state index contributed by atoms with van der Waals surface area (Å²) in [5, 5.41) is 7.01. The van der Waals surface area contributed by atoms with Gasteiger partial charge in [-0.2, -0.15) is 0 Å². The molecule has 0 radical (unpaired) electrons. The summed E-state index contributed by atoms with van der Waals surface area (Å²) in [4.78, 5) is 33.0. The number of hydrogen-bond donors (Lipinski definition) is 2. The molecule has 2 N–H and O–H groups in total. The summed E-state index contributed by atoms with van der Waals surface area (Å²) in [6, 6.07) is 9.22. The van der Waals surface area contributed by atoms with E-state index in [9.17, 15) is 9.59 Å². The van der Waals surface area contributed by atoms with Crippen molar-refractivity contribution in [3.05, 3.63) is 57.7 Å². The lowest BCUT2D eigenvalue weighted by Crippen LogP contribution is -2.22. The Labute approximate surface area is 175 Å². The van der Waals surface area contributed by atoms with E-state index >= 15 is 0 Å². The summed E-state index contributed by atoms with van der Waals surface area (Å²) in [6.07, 6.45) is 0.679. The lowest BCUT2D eigenvalue weighted by atomic mass is 10.1. The van der Waals surface area contributed by atoms with Crippen molar-refractivity contribution in [1.82, 2.24) is 0 Å². The number of fused-ring (bicyclic) bond motifs is 6. The van der Waals surface area contributed by atoms with Gasteiger partial charge in [0.15, 0.2) is 23.0 Å². The molecule has 0 aliphatic carbocycles. The van der Waals surface area contributed by atoms with Gasteiger partial charge in [-0.3, -0.25) is 9.59 Å². The average molecular weight is 410 g/mol. The highest BCUT2D eigenvalue weighted by atomic mass is 16.5. The van der Waals surface area contributed by atoms with Gasteiger partial charge >= 0.3 is 0 Å². The number of nitrogens with one attached hydrogen (secondary N) is 2. The van der Waals surface area contributed by atoms with Crippen LogP contribution in [0.15, 0.2) is 40.3 Å². The van der Waals surface area contributed by atoms with Crippen LogP contribution >= 0.6 is 0 Å². The molecule has 0 spiro atoms. The summed E-state index contributed by atoms with van der Waals surface area (Å²) in [7, 11) is 0. The van der Waals surface area contributed by atoms with E-state index in [0.29, 0.717) is 57.9 Å². The van der Waals surface area contributed by atoms with Crippen LogP contribution in [0.4, 0.5) is 22.7 Å². The minimum Gasteiger partial charge on any atom is -0.453 e. The molecule has 0 fully saturated rings. The predicted molar refractivity (Wildman–Crippen MR) is 111 cm³/mol. The molecule has 0 unspecified atom stereocenters. The first-order chi connectivity index (χ1) is 15.0. The van der Waals surface area contributed by atoms with Crippen molar-refractivity contribution in [2.45, 2.75) is 19.8 Å². The predicted octanol–water partition coefficient (Wildman–Crippen LogP) is 3.10. The lowest BCUT2D eigenvalue weighted by molar-refractivity contribution is -0.115. The molecule has 3 aromatic carbocycles. The topological polar surface area (TPSA) is 101 Å². The van der Waals surface area contributed by atoms with Crippen LogP contribution in [0.3, 0.4) is 0 Å². The van der Waals surface area contributed by atoms with Crippen LogP contribution in [0.5, 0.6) is 23.0 Å². The van der Waals surface area contributed by atoms with Crippen LogP contribution in [0.1, 0.15) is 16.7 Å². The second-order valence-electron chi connectivity index (χ2n) is 8.03. The molecule has 0 atom stereocenters. The fraction of sp³-hybridized carbons (Fsp3) is 0.130. The maximum absolute atomic E-state index is 11.7. The maximum Gasteiger partial charge on any atom is 0.228 e. The standard InChI is InChI=1S/C23H14N4O4/c1-9-22-19(30-17-3-11-5-21(29)25-12(11)6-15(17)27-22)8-16-23(9)31-18-7-13-10(2-14(18)24-16)4-20(28)26-13/h2-3,6-8H,4-5H2,1H3,(H,25,29)(H,26,28). The summed E-state index contributed by atoms with van der Waals surface area (Å²) in [6.45, 7) is 1.92. The first-order valence-electron chi connectivity index (χ1n) is 9.92. The van der Waals surface area contributed by atoms with Crippen molar-refractivity contribution in [3.63, 3.8) is 0 Å². The quantitative estimate of drug-likeness (QED) is 0.410. The van der Waals surface area contributed by atoms with Crippen molar-refractivity contribution in [1.29, 1.82) is 0 Å². The number of carbonyl (C=O) groups is 2. The van der Waals surface area contributed by atoms with Crippen molar-refractivity contribution >= 4 is 34.6 Å². The van der Waals surface area contributed by atoms with Crippen molar-refractivity contribution in [2.24, 2.45) is 9.98 Å². The largest absolute Gasteiger partial charge is 0.453 e. The number of ether oxygens (including phenoxy) is 2. The zero-order chi connectivity index (χ0) is 20.9. The molecule has 8 heteroatoms. The highest BCUT2D eigenvalue weighted by Gasteiger charge is 2.27. The second kappa shape index (κ2) is 5.48. The SMILES string of the molecule is Cc1c2c(cc3c1=Nc1cc4c(cc1O3)CC(=O)N4)=Nc1cc3c(cc1O2)NC(=O)C3. The zero-order valence-electron chi connectivity index (χ0n) is 16.3. The molecule has 31 heavy (non-hydrogen) atoms. The van der Waals surface area contributed by atoms with Gasteiger partial charge in [0.25, 0.3) is 0 Å². The van der Waals surface area contributed by atoms with Crippen LogP contribution in [-0.2, 0) is 22.4 Å².